The Bertz CT molecular complexity index is 882. The molecule has 0 saturated carbocycles. The minimum Gasteiger partial charge on any atom is -0.307 e. The van der Waals surface area contributed by atoms with Gasteiger partial charge in [0, 0.05) is 21.7 Å². The first-order chi connectivity index (χ1) is 11.2. The predicted octanol–water partition coefficient (Wildman–Crippen LogP) is 4.19. The number of hydrogen-bond donors (Lipinski definition) is 1. The molecule has 2 aromatic carbocycles. The van der Waals surface area contributed by atoms with Gasteiger partial charge in [-0.05, 0) is 42.5 Å². The lowest BCUT2D eigenvalue weighted by Crippen LogP contribution is -2.33. The van der Waals surface area contributed by atoms with E-state index in [1.54, 1.807) is 48.7 Å². The molecule has 3 aromatic rings. The Labute approximate surface area is 141 Å². The van der Waals surface area contributed by atoms with Crippen LogP contribution in [-0.2, 0) is 4.79 Å². The van der Waals surface area contributed by atoms with E-state index < -0.39 is 6.03 Å². The number of halogens is 1. The quantitative estimate of drug-likeness (QED) is 0.704. The first-order valence-electron chi connectivity index (χ1n) is 6.83. The number of fused-ring (bicyclic) bond motifs is 1. The molecular formula is C17H12BrN3O2. The van der Waals surface area contributed by atoms with Crippen molar-refractivity contribution in [3.63, 3.8) is 0 Å². The molecule has 0 radical (unpaired) electrons. The molecule has 5 nitrogen and oxygen atoms in total. The van der Waals surface area contributed by atoms with Crippen LogP contribution in [0, 0.1) is 0 Å². The summed E-state index contributed by atoms with van der Waals surface area (Å²) >= 11 is 3.34. The monoisotopic (exact) mass is 369 g/mol. The fourth-order valence-electron chi connectivity index (χ4n) is 2.19. The number of carbonyl (C=O) groups is 2. The number of benzene rings is 2. The Morgan fingerprint density at radius 1 is 1.13 bits per heavy atom. The lowest BCUT2D eigenvalue weighted by molar-refractivity contribution is -0.106. The van der Waals surface area contributed by atoms with Gasteiger partial charge in [0.05, 0.1) is 11.2 Å². The first-order valence-corrected chi connectivity index (χ1v) is 7.62. The van der Waals surface area contributed by atoms with Gasteiger partial charge in [-0.2, -0.15) is 0 Å². The van der Waals surface area contributed by atoms with Crippen molar-refractivity contribution in [3.8, 4) is 0 Å². The van der Waals surface area contributed by atoms with Crippen molar-refractivity contribution in [2.24, 2.45) is 0 Å². The van der Waals surface area contributed by atoms with Gasteiger partial charge < -0.3 is 5.32 Å². The maximum absolute atomic E-state index is 12.3. The number of imide groups is 1. The maximum Gasteiger partial charge on any atom is 0.332 e. The Morgan fingerprint density at radius 2 is 2.00 bits per heavy atom. The minimum absolute atomic E-state index is 0.480. The van der Waals surface area contributed by atoms with Gasteiger partial charge in [0.25, 0.3) is 0 Å². The standard InChI is InChI=1S/C17H12BrN3O2/c18-13-4-1-5-14(10-13)20-17(23)21(11-22)15-6-7-16-12(9-15)3-2-8-19-16/h1-11H,(H,20,23). The zero-order chi connectivity index (χ0) is 16.2. The van der Waals surface area contributed by atoms with Gasteiger partial charge in [0.2, 0.25) is 6.41 Å². The van der Waals surface area contributed by atoms with Crippen LogP contribution in [0.3, 0.4) is 0 Å². The molecule has 6 heteroatoms. The van der Waals surface area contributed by atoms with Crippen LogP contribution in [0.4, 0.5) is 16.2 Å². The number of pyridine rings is 1. The number of nitrogens with one attached hydrogen (secondary N) is 1. The molecule has 0 atom stereocenters. The van der Waals surface area contributed by atoms with Gasteiger partial charge in [0.1, 0.15) is 0 Å². The summed E-state index contributed by atoms with van der Waals surface area (Å²) in [6.07, 6.45) is 2.18. The molecule has 0 aliphatic carbocycles. The first kappa shape index (κ1) is 15.2. The van der Waals surface area contributed by atoms with Crippen LogP contribution in [0.25, 0.3) is 10.9 Å². The largest absolute Gasteiger partial charge is 0.332 e. The fourth-order valence-corrected chi connectivity index (χ4v) is 2.59. The van der Waals surface area contributed by atoms with Crippen LogP contribution in [0.2, 0.25) is 0 Å². The molecule has 114 valence electrons. The van der Waals surface area contributed by atoms with Crippen molar-refractivity contribution in [3.05, 3.63) is 65.3 Å². The highest BCUT2D eigenvalue weighted by atomic mass is 79.9. The number of aromatic nitrogens is 1. The third kappa shape index (κ3) is 3.37. The molecule has 0 saturated heterocycles. The summed E-state index contributed by atoms with van der Waals surface area (Å²) in [5, 5.41) is 3.54. The van der Waals surface area contributed by atoms with E-state index in [1.807, 2.05) is 12.1 Å². The second kappa shape index (κ2) is 6.58. The van der Waals surface area contributed by atoms with Gasteiger partial charge in [-0.15, -0.1) is 0 Å². The number of nitrogens with zero attached hydrogens (tertiary/aromatic N) is 2. The summed E-state index contributed by atoms with van der Waals surface area (Å²) in [7, 11) is 0. The van der Waals surface area contributed by atoms with E-state index in [1.165, 1.54) is 0 Å². The Kier molecular flexibility index (Phi) is 4.34. The minimum atomic E-state index is -0.527. The second-order valence-corrected chi connectivity index (χ2v) is 5.71. The Hall–Kier alpha value is -2.73. The highest BCUT2D eigenvalue weighted by molar-refractivity contribution is 9.10. The maximum atomic E-state index is 12.3. The number of rotatable bonds is 3. The number of hydrogen-bond acceptors (Lipinski definition) is 3. The van der Waals surface area contributed by atoms with Crippen molar-refractivity contribution in [1.82, 2.24) is 4.98 Å². The average Bonchev–Trinajstić information content (AvgIpc) is 2.55. The predicted molar refractivity (Wildman–Crippen MR) is 93.4 cm³/mol. The van der Waals surface area contributed by atoms with E-state index in [2.05, 4.69) is 26.2 Å². The molecule has 0 bridgehead atoms. The van der Waals surface area contributed by atoms with E-state index in [-0.39, 0.29) is 0 Å². The Morgan fingerprint density at radius 3 is 2.78 bits per heavy atom. The SMILES string of the molecule is O=CN(C(=O)Nc1cccc(Br)c1)c1ccc2ncccc2c1. The van der Waals surface area contributed by atoms with Crippen LogP contribution in [0.15, 0.2) is 65.3 Å². The molecule has 1 N–H and O–H groups in total. The number of carbonyl (C=O) groups excluding carboxylic acids is 2. The Balaban J connectivity index is 1.88. The molecule has 0 unspecified atom stereocenters. The highest BCUT2D eigenvalue weighted by Crippen LogP contribution is 2.21. The van der Waals surface area contributed by atoms with Gasteiger partial charge in [-0.25, -0.2) is 9.69 Å². The van der Waals surface area contributed by atoms with E-state index in [0.717, 1.165) is 20.3 Å². The normalized spacial score (nSPS) is 10.3. The number of amides is 3. The molecule has 3 rings (SSSR count). The molecule has 1 aromatic heterocycles. The number of anilines is 2. The van der Waals surface area contributed by atoms with Crippen molar-refractivity contribution < 1.29 is 9.59 Å². The van der Waals surface area contributed by atoms with E-state index in [4.69, 9.17) is 0 Å². The van der Waals surface area contributed by atoms with Crippen molar-refractivity contribution in [1.29, 1.82) is 0 Å². The number of urea groups is 1. The van der Waals surface area contributed by atoms with Gasteiger partial charge in [-0.1, -0.05) is 28.1 Å². The van der Waals surface area contributed by atoms with E-state index in [9.17, 15) is 9.59 Å². The molecule has 0 fully saturated rings. The highest BCUT2D eigenvalue weighted by Gasteiger charge is 2.15. The smallest absolute Gasteiger partial charge is 0.307 e. The lowest BCUT2D eigenvalue weighted by atomic mass is 10.2. The van der Waals surface area contributed by atoms with Crippen LogP contribution in [0.5, 0.6) is 0 Å². The molecule has 23 heavy (non-hydrogen) atoms. The summed E-state index contributed by atoms with van der Waals surface area (Å²) in [6.45, 7) is 0. The van der Waals surface area contributed by atoms with Crippen LogP contribution in [-0.4, -0.2) is 17.4 Å². The summed E-state index contributed by atoms with van der Waals surface area (Å²) in [4.78, 5) is 29.0. The molecule has 0 aliphatic heterocycles. The summed E-state index contributed by atoms with van der Waals surface area (Å²) in [6, 6.07) is 15.5. The summed E-state index contributed by atoms with van der Waals surface area (Å²) in [5.41, 5.74) is 1.88. The molecule has 0 aliphatic rings. The average molecular weight is 370 g/mol. The molecule has 3 amide bonds. The third-order valence-electron chi connectivity index (χ3n) is 3.26. The van der Waals surface area contributed by atoms with Gasteiger partial charge >= 0.3 is 6.03 Å². The third-order valence-corrected chi connectivity index (χ3v) is 3.76. The fraction of sp³-hybridized carbons (Fsp3) is 0. The molecular weight excluding hydrogens is 358 g/mol. The van der Waals surface area contributed by atoms with Crippen LogP contribution >= 0.6 is 15.9 Å². The van der Waals surface area contributed by atoms with Crippen molar-refractivity contribution in [2.45, 2.75) is 0 Å². The van der Waals surface area contributed by atoms with Crippen LogP contribution < -0.4 is 10.2 Å². The van der Waals surface area contributed by atoms with E-state index >= 15 is 0 Å². The van der Waals surface area contributed by atoms with Gasteiger partial charge in [0.15, 0.2) is 0 Å². The zero-order valence-corrected chi connectivity index (χ0v) is 13.5. The molecule has 0 spiro atoms. The van der Waals surface area contributed by atoms with Gasteiger partial charge in [-0.3, -0.25) is 9.78 Å². The molecule has 1 heterocycles. The lowest BCUT2D eigenvalue weighted by Gasteiger charge is -2.17. The summed E-state index contributed by atoms with van der Waals surface area (Å²) < 4.78 is 0.838. The van der Waals surface area contributed by atoms with Crippen molar-refractivity contribution >= 4 is 50.6 Å². The topological polar surface area (TPSA) is 62.3 Å². The second-order valence-electron chi connectivity index (χ2n) is 4.80. The van der Waals surface area contributed by atoms with E-state index in [0.29, 0.717) is 17.8 Å². The van der Waals surface area contributed by atoms with Crippen molar-refractivity contribution in [2.75, 3.05) is 10.2 Å². The zero-order valence-electron chi connectivity index (χ0n) is 11.9. The van der Waals surface area contributed by atoms with Crippen LogP contribution in [0.1, 0.15) is 0 Å². The summed E-state index contributed by atoms with van der Waals surface area (Å²) in [5.74, 6) is 0.